The molecule has 1 amide bonds. The second kappa shape index (κ2) is 8.52. The van der Waals surface area contributed by atoms with Gasteiger partial charge in [0.1, 0.15) is 35.3 Å². The maximum Gasteiger partial charge on any atom is 0.272 e. The predicted octanol–water partition coefficient (Wildman–Crippen LogP) is 3.62. The predicted molar refractivity (Wildman–Crippen MR) is 133 cm³/mol. The highest BCUT2D eigenvalue weighted by Crippen LogP contribution is 2.48. The first kappa shape index (κ1) is 23.4. The molecule has 2 fully saturated rings. The number of pyridine rings is 1. The van der Waals surface area contributed by atoms with E-state index in [9.17, 15) is 9.18 Å². The standard InChI is InChI=1S/C27H27FN6O3/c1-27(2,29)16-10-21(15-4-6-17(28)7-5-15)30-24(11-16)37-25-18-13-34(14-19(18)25)26(35)23-12-22(31-33(23)3)20-8-9-36-32-20/h4-12,18-19,25H,13-14,29H2,1-3H3. The van der Waals surface area contributed by atoms with Crippen LogP contribution in [0.2, 0.25) is 0 Å². The van der Waals surface area contributed by atoms with E-state index in [2.05, 4.69) is 15.2 Å². The Bertz CT molecular complexity index is 1450. The van der Waals surface area contributed by atoms with Crippen LogP contribution in [0.3, 0.4) is 0 Å². The van der Waals surface area contributed by atoms with E-state index in [4.69, 9.17) is 15.0 Å². The number of nitrogens with zero attached hydrogens (tertiary/aromatic N) is 5. The van der Waals surface area contributed by atoms with Gasteiger partial charge in [-0.25, -0.2) is 9.37 Å². The van der Waals surface area contributed by atoms with Gasteiger partial charge in [-0.1, -0.05) is 5.16 Å². The fraction of sp³-hybridized carbons (Fsp3) is 0.333. The van der Waals surface area contributed by atoms with E-state index in [1.807, 2.05) is 30.9 Å². The molecule has 1 saturated carbocycles. The van der Waals surface area contributed by atoms with Gasteiger partial charge in [0.25, 0.3) is 5.91 Å². The fourth-order valence-electron chi connectivity index (χ4n) is 4.96. The summed E-state index contributed by atoms with van der Waals surface area (Å²) in [6.45, 7) is 5.04. The van der Waals surface area contributed by atoms with Crippen LogP contribution in [-0.4, -0.2) is 49.9 Å². The van der Waals surface area contributed by atoms with Gasteiger partial charge >= 0.3 is 0 Å². The van der Waals surface area contributed by atoms with Gasteiger partial charge in [-0.15, -0.1) is 0 Å². The third kappa shape index (κ3) is 4.37. The monoisotopic (exact) mass is 502 g/mol. The Morgan fingerprint density at radius 2 is 1.81 bits per heavy atom. The minimum atomic E-state index is -0.605. The Morgan fingerprint density at radius 3 is 2.46 bits per heavy atom. The highest BCUT2D eigenvalue weighted by atomic mass is 19.1. The molecule has 9 nitrogen and oxygen atoms in total. The van der Waals surface area contributed by atoms with Crippen LogP contribution in [0.1, 0.15) is 29.9 Å². The van der Waals surface area contributed by atoms with Crippen molar-refractivity contribution in [3.8, 4) is 28.5 Å². The Hall–Kier alpha value is -4.05. The summed E-state index contributed by atoms with van der Waals surface area (Å²) in [6, 6.07) is 13.4. The molecular weight excluding hydrogens is 475 g/mol. The number of carbonyl (C=O) groups is 1. The number of rotatable bonds is 6. The van der Waals surface area contributed by atoms with E-state index in [-0.39, 0.29) is 29.7 Å². The molecule has 3 aromatic heterocycles. The molecule has 6 rings (SSSR count). The number of amides is 1. The average Bonchev–Trinajstić information content (AvgIpc) is 3.36. The lowest BCUT2D eigenvalue weighted by molar-refractivity contribution is 0.0740. The fourth-order valence-corrected chi connectivity index (χ4v) is 4.96. The molecule has 1 saturated heterocycles. The molecular formula is C27H27FN6O3. The van der Waals surface area contributed by atoms with Gasteiger partial charge in [0.05, 0.1) is 5.69 Å². The molecule has 4 heterocycles. The number of piperidine rings is 1. The van der Waals surface area contributed by atoms with E-state index in [1.54, 1.807) is 36.0 Å². The molecule has 2 atom stereocenters. The highest BCUT2D eigenvalue weighted by molar-refractivity contribution is 5.94. The zero-order valence-corrected chi connectivity index (χ0v) is 20.8. The Labute approximate surface area is 213 Å². The number of aryl methyl sites for hydroxylation is 1. The zero-order valence-electron chi connectivity index (χ0n) is 20.8. The summed E-state index contributed by atoms with van der Waals surface area (Å²) in [4.78, 5) is 19.7. The molecule has 10 heteroatoms. The summed E-state index contributed by atoms with van der Waals surface area (Å²) in [6.07, 6.45) is 1.45. The normalized spacial score (nSPS) is 20.7. The van der Waals surface area contributed by atoms with Crippen molar-refractivity contribution in [2.45, 2.75) is 25.5 Å². The van der Waals surface area contributed by atoms with Crippen LogP contribution in [0.4, 0.5) is 4.39 Å². The van der Waals surface area contributed by atoms with E-state index < -0.39 is 5.54 Å². The van der Waals surface area contributed by atoms with Gasteiger partial charge in [0.15, 0.2) is 0 Å². The topological polar surface area (TPSA) is 112 Å². The van der Waals surface area contributed by atoms with Crippen LogP contribution in [0.5, 0.6) is 5.88 Å². The number of fused-ring (bicyclic) bond motifs is 1. The first-order valence-electron chi connectivity index (χ1n) is 12.2. The van der Waals surface area contributed by atoms with Crippen molar-refractivity contribution in [1.29, 1.82) is 0 Å². The number of hydrogen-bond donors (Lipinski definition) is 1. The lowest BCUT2D eigenvalue weighted by Gasteiger charge is -2.22. The van der Waals surface area contributed by atoms with E-state index >= 15 is 0 Å². The van der Waals surface area contributed by atoms with Gasteiger partial charge < -0.3 is 19.9 Å². The molecule has 1 aromatic carbocycles. The molecule has 0 bridgehead atoms. The van der Waals surface area contributed by atoms with Gasteiger partial charge in [-0.05, 0) is 55.8 Å². The second-order valence-electron chi connectivity index (χ2n) is 10.4. The highest BCUT2D eigenvalue weighted by Gasteiger charge is 2.59. The number of ether oxygens (including phenoxy) is 1. The van der Waals surface area contributed by atoms with Gasteiger partial charge in [0, 0.05) is 55.2 Å². The minimum absolute atomic E-state index is 0.0222. The summed E-state index contributed by atoms with van der Waals surface area (Å²) in [5.74, 6) is 0.576. The summed E-state index contributed by atoms with van der Waals surface area (Å²) >= 11 is 0. The number of likely N-dealkylation sites (tertiary alicyclic amines) is 1. The van der Waals surface area contributed by atoms with Crippen molar-refractivity contribution in [2.24, 2.45) is 24.6 Å². The second-order valence-corrected chi connectivity index (χ2v) is 10.4. The van der Waals surface area contributed by atoms with Crippen LogP contribution in [0.15, 0.2) is 59.3 Å². The molecule has 0 radical (unpaired) electrons. The number of aromatic nitrogens is 4. The van der Waals surface area contributed by atoms with E-state index in [0.717, 1.165) is 11.1 Å². The maximum atomic E-state index is 13.4. The molecule has 1 aliphatic heterocycles. The minimum Gasteiger partial charge on any atom is -0.474 e. The SMILES string of the molecule is Cn1nc(-c2ccon2)cc1C(=O)N1CC2C(C1)C2Oc1cc(C(C)(C)N)cc(-c2ccc(F)cc2)n1. The number of halogens is 1. The molecule has 2 unspecified atom stereocenters. The van der Waals surface area contributed by atoms with Crippen LogP contribution in [0.25, 0.3) is 22.6 Å². The largest absolute Gasteiger partial charge is 0.474 e. The van der Waals surface area contributed by atoms with Crippen LogP contribution in [0, 0.1) is 17.7 Å². The third-order valence-corrected chi connectivity index (χ3v) is 7.14. The maximum absolute atomic E-state index is 13.4. The average molecular weight is 503 g/mol. The first-order valence-corrected chi connectivity index (χ1v) is 12.2. The van der Waals surface area contributed by atoms with Crippen LogP contribution in [-0.2, 0) is 12.6 Å². The first-order chi connectivity index (χ1) is 17.7. The summed E-state index contributed by atoms with van der Waals surface area (Å²) in [7, 11) is 1.75. The molecule has 1 aliphatic carbocycles. The number of benzene rings is 1. The van der Waals surface area contributed by atoms with E-state index in [0.29, 0.717) is 41.7 Å². The van der Waals surface area contributed by atoms with Crippen molar-refractivity contribution in [3.63, 3.8) is 0 Å². The third-order valence-electron chi connectivity index (χ3n) is 7.14. The number of nitrogens with two attached hydrogens (primary N) is 1. The molecule has 190 valence electrons. The quantitative estimate of drug-likeness (QED) is 0.429. The molecule has 2 aliphatic rings. The summed E-state index contributed by atoms with van der Waals surface area (Å²) in [5, 5.41) is 8.29. The zero-order chi connectivity index (χ0) is 25.9. The molecule has 0 spiro atoms. The lowest BCUT2D eigenvalue weighted by atomic mass is 9.95. The van der Waals surface area contributed by atoms with Crippen molar-refractivity contribution in [3.05, 3.63) is 71.9 Å². The Balaban J connectivity index is 1.16. The smallest absolute Gasteiger partial charge is 0.272 e. The van der Waals surface area contributed by atoms with Crippen molar-refractivity contribution >= 4 is 5.91 Å². The van der Waals surface area contributed by atoms with Crippen LogP contribution < -0.4 is 10.5 Å². The molecule has 37 heavy (non-hydrogen) atoms. The summed E-state index contributed by atoms with van der Waals surface area (Å²) in [5.41, 5.74) is 9.79. The van der Waals surface area contributed by atoms with Crippen molar-refractivity contribution < 1.29 is 18.4 Å². The number of carbonyl (C=O) groups excluding carboxylic acids is 1. The van der Waals surface area contributed by atoms with E-state index in [1.165, 1.54) is 18.4 Å². The van der Waals surface area contributed by atoms with Crippen LogP contribution >= 0.6 is 0 Å². The van der Waals surface area contributed by atoms with Gasteiger partial charge in [-0.3, -0.25) is 9.48 Å². The lowest BCUT2D eigenvalue weighted by Crippen LogP contribution is -2.34. The Morgan fingerprint density at radius 1 is 1.08 bits per heavy atom. The van der Waals surface area contributed by atoms with Crippen molar-refractivity contribution in [1.82, 2.24) is 24.8 Å². The van der Waals surface area contributed by atoms with Gasteiger partial charge in [-0.2, -0.15) is 5.10 Å². The van der Waals surface area contributed by atoms with Crippen molar-refractivity contribution in [2.75, 3.05) is 13.1 Å². The number of hydrogen-bond acceptors (Lipinski definition) is 7. The van der Waals surface area contributed by atoms with Gasteiger partial charge in [0.2, 0.25) is 5.88 Å². The summed E-state index contributed by atoms with van der Waals surface area (Å²) < 4.78 is 26.2. The molecule has 4 aromatic rings. The molecule has 2 N–H and O–H groups in total. The Kier molecular flexibility index (Phi) is 5.38.